The number of hydrogen-bond donors (Lipinski definition) is 2. The number of fused-ring (bicyclic) bond motifs is 1. The molecule has 0 radical (unpaired) electrons. The second-order valence-corrected chi connectivity index (χ2v) is 9.49. The van der Waals surface area contributed by atoms with Gasteiger partial charge in [0.05, 0.1) is 6.04 Å². The van der Waals surface area contributed by atoms with Crippen LogP contribution in [0.4, 0.5) is 5.69 Å². The van der Waals surface area contributed by atoms with Crippen molar-refractivity contribution in [1.29, 1.82) is 0 Å². The molecule has 33 heavy (non-hydrogen) atoms. The number of amides is 1. The first-order valence-electron chi connectivity index (χ1n) is 10.6. The van der Waals surface area contributed by atoms with Crippen molar-refractivity contribution in [3.05, 3.63) is 94.5 Å². The van der Waals surface area contributed by atoms with Crippen LogP contribution in [0.25, 0.3) is 11.4 Å². The Hall–Kier alpha value is -3.29. The van der Waals surface area contributed by atoms with Gasteiger partial charge in [0.25, 0.3) is 0 Å². The molecule has 5 rings (SSSR count). The summed E-state index contributed by atoms with van der Waals surface area (Å²) in [6, 6.07) is 23.0. The molecule has 6 nitrogen and oxygen atoms in total. The van der Waals surface area contributed by atoms with E-state index in [1.165, 1.54) is 11.8 Å². The Morgan fingerprint density at radius 3 is 2.52 bits per heavy atom. The SMILES string of the molecule is Cc1cccc(NC(=O)[C@H]2Sc3nnc(-c4ccccc4)n3N[C@@H]2c2ccc(Cl)cc2)c1C. The number of anilines is 1. The quantitative estimate of drug-likeness (QED) is 0.401. The second kappa shape index (κ2) is 8.92. The highest BCUT2D eigenvalue weighted by molar-refractivity contribution is 8.00. The molecule has 166 valence electrons. The molecular formula is C25H22ClN5OS. The maximum Gasteiger partial charge on any atom is 0.240 e. The number of nitrogens with zero attached hydrogens (tertiary/aromatic N) is 3. The standard InChI is InChI=1S/C25H22ClN5OS/c1-15-7-6-10-20(16(15)2)27-24(32)22-21(17-11-13-19(26)14-12-17)30-31-23(28-29-25(31)33-22)18-8-4-3-5-9-18/h3-14,21-22,30H,1-2H3,(H,27,32)/t21-,22+/m1/s1. The molecule has 0 saturated carbocycles. The smallest absolute Gasteiger partial charge is 0.240 e. The van der Waals surface area contributed by atoms with Gasteiger partial charge in [-0.3, -0.25) is 4.79 Å². The summed E-state index contributed by atoms with van der Waals surface area (Å²) >= 11 is 7.53. The van der Waals surface area contributed by atoms with Crippen LogP contribution in [0.1, 0.15) is 22.7 Å². The highest BCUT2D eigenvalue weighted by atomic mass is 35.5. The van der Waals surface area contributed by atoms with Gasteiger partial charge < -0.3 is 10.7 Å². The molecule has 2 atom stereocenters. The first-order valence-corrected chi connectivity index (χ1v) is 11.8. The van der Waals surface area contributed by atoms with Crippen molar-refractivity contribution in [1.82, 2.24) is 14.9 Å². The van der Waals surface area contributed by atoms with Crippen LogP contribution in [0, 0.1) is 13.8 Å². The number of halogens is 1. The molecule has 8 heteroatoms. The molecule has 0 aliphatic carbocycles. The average molecular weight is 476 g/mol. The van der Waals surface area contributed by atoms with E-state index in [0.717, 1.165) is 27.9 Å². The zero-order valence-corrected chi connectivity index (χ0v) is 19.7. The van der Waals surface area contributed by atoms with Gasteiger partial charge in [-0.15, -0.1) is 10.2 Å². The van der Waals surface area contributed by atoms with Gasteiger partial charge in [-0.2, -0.15) is 0 Å². The van der Waals surface area contributed by atoms with E-state index in [0.29, 0.717) is 16.0 Å². The molecule has 0 unspecified atom stereocenters. The molecular weight excluding hydrogens is 454 g/mol. The molecule has 4 aromatic rings. The van der Waals surface area contributed by atoms with E-state index in [-0.39, 0.29) is 11.9 Å². The van der Waals surface area contributed by atoms with Gasteiger partial charge in [0.15, 0.2) is 5.82 Å². The highest BCUT2D eigenvalue weighted by Gasteiger charge is 2.38. The van der Waals surface area contributed by atoms with Crippen LogP contribution < -0.4 is 10.7 Å². The molecule has 2 N–H and O–H groups in total. The Morgan fingerprint density at radius 2 is 1.76 bits per heavy atom. The van der Waals surface area contributed by atoms with Gasteiger partial charge in [-0.1, -0.05) is 78.0 Å². The fourth-order valence-corrected chi connectivity index (χ4v) is 5.05. The summed E-state index contributed by atoms with van der Waals surface area (Å²) in [4.78, 5) is 13.5. The van der Waals surface area contributed by atoms with Crippen LogP contribution in [-0.4, -0.2) is 26.0 Å². The first-order chi connectivity index (χ1) is 16.0. The van der Waals surface area contributed by atoms with Gasteiger partial charge in [0.2, 0.25) is 11.1 Å². The predicted molar refractivity (Wildman–Crippen MR) is 133 cm³/mol. The average Bonchev–Trinajstić information content (AvgIpc) is 3.25. The lowest BCUT2D eigenvalue weighted by Gasteiger charge is -2.33. The number of thioether (sulfide) groups is 1. The molecule has 1 aliphatic heterocycles. The number of aromatic nitrogens is 3. The number of nitrogens with one attached hydrogen (secondary N) is 2. The highest BCUT2D eigenvalue weighted by Crippen LogP contribution is 2.39. The molecule has 0 bridgehead atoms. The van der Waals surface area contributed by atoms with Crippen molar-refractivity contribution in [2.75, 3.05) is 10.7 Å². The fraction of sp³-hybridized carbons (Fsp3) is 0.160. The number of benzene rings is 3. The number of rotatable bonds is 4. The van der Waals surface area contributed by atoms with E-state index in [1.54, 1.807) is 0 Å². The third-order valence-corrected chi connectivity index (χ3v) is 7.29. The topological polar surface area (TPSA) is 71.8 Å². The monoisotopic (exact) mass is 475 g/mol. The van der Waals surface area contributed by atoms with Crippen LogP contribution in [0.3, 0.4) is 0 Å². The lowest BCUT2D eigenvalue weighted by molar-refractivity contribution is -0.116. The lowest BCUT2D eigenvalue weighted by atomic mass is 10.0. The number of carbonyl (C=O) groups is 1. The first kappa shape index (κ1) is 21.6. The van der Waals surface area contributed by atoms with Gasteiger partial charge >= 0.3 is 0 Å². The van der Waals surface area contributed by atoms with Crippen molar-refractivity contribution >= 4 is 35.0 Å². The number of carbonyl (C=O) groups excluding carboxylic acids is 1. The minimum absolute atomic E-state index is 0.100. The van der Waals surface area contributed by atoms with E-state index in [9.17, 15) is 4.79 Å². The zero-order valence-electron chi connectivity index (χ0n) is 18.1. The van der Waals surface area contributed by atoms with Crippen LogP contribution in [0.5, 0.6) is 0 Å². The van der Waals surface area contributed by atoms with Crippen LogP contribution in [0.2, 0.25) is 5.02 Å². The fourth-order valence-electron chi connectivity index (χ4n) is 3.84. The van der Waals surface area contributed by atoms with E-state index in [1.807, 2.05) is 91.3 Å². The van der Waals surface area contributed by atoms with Gasteiger partial charge in [0.1, 0.15) is 5.25 Å². The van der Waals surface area contributed by atoms with Crippen LogP contribution in [0.15, 0.2) is 78.0 Å². The summed E-state index contributed by atoms with van der Waals surface area (Å²) < 4.78 is 1.86. The van der Waals surface area contributed by atoms with Gasteiger partial charge in [-0.05, 0) is 48.7 Å². The molecule has 0 fully saturated rings. The van der Waals surface area contributed by atoms with Crippen LogP contribution >= 0.6 is 23.4 Å². The van der Waals surface area contributed by atoms with E-state index < -0.39 is 5.25 Å². The van der Waals surface area contributed by atoms with Crippen LogP contribution in [-0.2, 0) is 4.79 Å². The van der Waals surface area contributed by atoms with Crippen molar-refractivity contribution in [3.8, 4) is 11.4 Å². The Kier molecular flexibility index (Phi) is 5.83. The largest absolute Gasteiger partial charge is 0.325 e. The maximum absolute atomic E-state index is 13.5. The number of hydrogen-bond acceptors (Lipinski definition) is 5. The lowest BCUT2D eigenvalue weighted by Crippen LogP contribution is -2.41. The number of aryl methyl sites for hydroxylation is 1. The van der Waals surface area contributed by atoms with Gasteiger partial charge in [0, 0.05) is 16.3 Å². The molecule has 0 saturated heterocycles. The Labute approximate surface area is 201 Å². The predicted octanol–water partition coefficient (Wildman–Crippen LogP) is 5.61. The van der Waals surface area contributed by atoms with Gasteiger partial charge in [-0.25, -0.2) is 4.68 Å². The molecule has 1 aliphatic rings. The summed E-state index contributed by atoms with van der Waals surface area (Å²) in [5.41, 5.74) is 8.38. The summed E-state index contributed by atoms with van der Waals surface area (Å²) in [5, 5.41) is 12.7. The zero-order chi connectivity index (χ0) is 22.9. The Balaban J connectivity index is 1.52. The molecule has 1 amide bonds. The minimum Gasteiger partial charge on any atom is -0.325 e. The van der Waals surface area contributed by atoms with E-state index in [2.05, 4.69) is 20.9 Å². The van der Waals surface area contributed by atoms with Crippen molar-refractivity contribution in [3.63, 3.8) is 0 Å². The molecule has 0 spiro atoms. The minimum atomic E-state index is -0.466. The molecule has 2 heterocycles. The summed E-state index contributed by atoms with van der Waals surface area (Å²) in [7, 11) is 0. The summed E-state index contributed by atoms with van der Waals surface area (Å²) in [6.07, 6.45) is 0. The third kappa shape index (κ3) is 4.21. The van der Waals surface area contributed by atoms with Crippen molar-refractivity contribution in [2.45, 2.75) is 30.3 Å². The molecule has 1 aromatic heterocycles. The normalized spacial score (nSPS) is 17.2. The Bertz CT molecular complexity index is 1310. The molecule has 3 aromatic carbocycles. The van der Waals surface area contributed by atoms with Crippen molar-refractivity contribution in [2.24, 2.45) is 0 Å². The Morgan fingerprint density at radius 1 is 1.00 bits per heavy atom. The van der Waals surface area contributed by atoms with E-state index in [4.69, 9.17) is 11.6 Å². The summed E-state index contributed by atoms with van der Waals surface area (Å²) in [6.45, 7) is 4.04. The summed E-state index contributed by atoms with van der Waals surface area (Å²) in [5.74, 6) is 0.599. The third-order valence-electron chi connectivity index (χ3n) is 5.82. The van der Waals surface area contributed by atoms with Crippen molar-refractivity contribution < 1.29 is 4.79 Å². The second-order valence-electron chi connectivity index (χ2n) is 7.94. The maximum atomic E-state index is 13.5. The van der Waals surface area contributed by atoms with E-state index >= 15 is 0 Å².